The minimum atomic E-state index is -0.253. The minimum absolute atomic E-state index is 0.122. The normalized spacial score (nSPS) is 17.2. The third-order valence-electron chi connectivity index (χ3n) is 4.75. The van der Waals surface area contributed by atoms with Gasteiger partial charge in [0.25, 0.3) is 5.56 Å². The Morgan fingerprint density at radius 1 is 1.50 bits per heavy atom. The van der Waals surface area contributed by atoms with Crippen molar-refractivity contribution in [2.75, 3.05) is 25.9 Å². The lowest BCUT2D eigenvalue weighted by Gasteiger charge is -2.24. The average Bonchev–Trinajstić information content (AvgIpc) is 3.20. The number of nitrogens with one attached hydrogen (secondary N) is 1. The number of furan rings is 1. The van der Waals surface area contributed by atoms with E-state index >= 15 is 0 Å². The summed E-state index contributed by atoms with van der Waals surface area (Å²) in [5.74, 6) is 1.98. The number of nitrogens with two attached hydrogens (primary N) is 1. The van der Waals surface area contributed by atoms with Gasteiger partial charge in [0.05, 0.1) is 5.69 Å². The molecule has 2 aromatic rings. The number of aryl methyl sites for hydroxylation is 2. The van der Waals surface area contributed by atoms with Crippen LogP contribution >= 0.6 is 0 Å². The first kappa shape index (κ1) is 18.2. The van der Waals surface area contributed by atoms with Crippen LogP contribution in [0, 0.1) is 6.92 Å². The van der Waals surface area contributed by atoms with Gasteiger partial charge in [-0.1, -0.05) is 0 Å². The SMILES string of the molecule is Cc1ccc(CCC(=O)N2CC[C@@H](N(C)Cc3cc(=O)[nH]c(N)n3)C2)o1. The van der Waals surface area contributed by atoms with E-state index in [-0.39, 0.29) is 23.5 Å². The number of nitrogens with zero attached hydrogens (tertiary/aromatic N) is 3. The highest BCUT2D eigenvalue weighted by molar-refractivity contribution is 5.76. The van der Waals surface area contributed by atoms with Crippen molar-refractivity contribution in [3.05, 3.63) is 45.8 Å². The number of carbonyl (C=O) groups excluding carboxylic acids is 1. The molecule has 8 heteroatoms. The summed E-state index contributed by atoms with van der Waals surface area (Å²) in [6.07, 6.45) is 1.98. The largest absolute Gasteiger partial charge is 0.466 e. The summed E-state index contributed by atoms with van der Waals surface area (Å²) in [5, 5.41) is 0. The summed E-state index contributed by atoms with van der Waals surface area (Å²) in [4.78, 5) is 34.5. The van der Waals surface area contributed by atoms with E-state index in [4.69, 9.17) is 10.2 Å². The summed E-state index contributed by atoms with van der Waals surface area (Å²) in [5.41, 5.74) is 5.97. The molecule has 1 fully saturated rings. The number of aromatic nitrogens is 2. The maximum Gasteiger partial charge on any atom is 0.252 e. The lowest BCUT2D eigenvalue weighted by atomic mass is 10.2. The summed E-state index contributed by atoms with van der Waals surface area (Å²) in [7, 11) is 1.98. The van der Waals surface area contributed by atoms with Crippen LogP contribution in [0.4, 0.5) is 5.95 Å². The fourth-order valence-corrected chi connectivity index (χ4v) is 3.33. The Labute approximate surface area is 152 Å². The summed E-state index contributed by atoms with van der Waals surface area (Å²) in [6.45, 7) is 3.85. The molecule has 3 N–H and O–H groups in total. The Bertz CT molecular complexity index is 828. The zero-order valence-corrected chi connectivity index (χ0v) is 15.2. The molecule has 26 heavy (non-hydrogen) atoms. The zero-order chi connectivity index (χ0) is 18.7. The first-order valence-electron chi connectivity index (χ1n) is 8.80. The summed E-state index contributed by atoms with van der Waals surface area (Å²) >= 11 is 0. The third-order valence-corrected chi connectivity index (χ3v) is 4.75. The van der Waals surface area contributed by atoms with Crippen molar-refractivity contribution in [1.29, 1.82) is 0 Å². The molecular weight excluding hydrogens is 334 g/mol. The number of aromatic amines is 1. The maximum absolute atomic E-state index is 12.4. The maximum atomic E-state index is 12.4. The molecule has 3 heterocycles. The van der Waals surface area contributed by atoms with Gasteiger partial charge in [-0.25, -0.2) is 4.98 Å². The van der Waals surface area contributed by atoms with E-state index in [1.54, 1.807) is 0 Å². The number of nitrogen functional groups attached to an aromatic ring is 1. The molecule has 1 amide bonds. The van der Waals surface area contributed by atoms with Gasteiger partial charge in [0.2, 0.25) is 11.9 Å². The van der Waals surface area contributed by atoms with Gasteiger partial charge >= 0.3 is 0 Å². The lowest BCUT2D eigenvalue weighted by Crippen LogP contribution is -2.36. The second-order valence-corrected chi connectivity index (χ2v) is 6.83. The first-order valence-corrected chi connectivity index (χ1v) is 8.80. The second-order valence-electron chi connectivity index (χ2n) is 6.83. The quantitative estimate of drug-likeness (QED) is 0.794. The molecule has 1 saturated heterocycles. The predicted molar refractivity (Wildman–Crippen MR) is 97.5 cm³/mol. The van der Waals surface area contributed by atoms with Gasteiger partial charge in [-0.3, -0.25) is 19.5 Å². The standard InChI is InChI=1S/C18H25N5O3/c1-12-3-4-15(26-12)5-6-17(25)23-8-7-14(11-23)22(2)10-13-9-16(24)21-18(19)20-13/h3-4,9,14H,5-8,10-11H2,1-2H3,(H3,19,20,21,24)/t14-/m1/s1. The van der Waals surface area contributed by atoms with E-state index in [0.717, 1.165) is 24.5 Å². The van der Waals surface area contributed by atoms with E-state index in [1.807, 2.05) is 31.0 Å². The van der Waals surface area contributed by atoms with Gasteiger partial charge < -0.3 is 15.1 Å². The molecule has 8 nitrogen and oxygen atoms in total. The van der Waals surface area contributed by atoms with E-state index in [1.165, 1.54) is 6.07 Å². The zero-order valence-electron chi connectivity index (χ0n) is 15.2. The molecule has 0 aromatic carbocycles. The fourth-order valence-electron chi connectivity index (χ4n) is 3.33. The molecule has 0 saturated carbocycles. The number of likely N-dealkylation sites (N-methyl/N-ethyl adjacent to an activating group) is 1. The molecular formula is C18H25N5O3. The van der Waals surface area contributed by atoms with Crippen molar-refractivity contribution in [2.24, 2.45) is 0 Å². The van der Waals surface area contributed by atoms with E-state index in [9.17, 15) is 9.59 Å². The van der Waals surface area contributed by atoms with E-state index in [2.05, 4.69) is 14.9 Å². The van der Waals surface area contributed by atoms with Gasteiger partial charge in [-0.05, 0) is 32.5 Å². The average molecular weight is 359 g/mol. The van der Waals surface area contributed by atoms with Crippen molar-refractivity contribution < 1.29 is 9.21 Å². The van der Waals surface area contributed by atoms with Crippen LogP contribution in [0.5, 0.6) is 0 Å². The number of amides is 1. The molecule has 1 aliphatic rings. The number of rotatable bonds is 6. The number of hydrogen-bond acceptors (Lipinski definition) is 6. The monoisotopic (exact) mass is 359 g/mol. The Hall–Kier alpha value is -2.61. The highest BCUT2D eigenvalue weighted by Crippen LogP contribution is 2.18. The molecule has 0 bridgehead atoms. The Balaban J connectivity index is 1.50. The molecule has 2 aromatic heterocycles. The topological polar surface area (TPSA) is 108 Å². The molecule has 1 atom stereocenters. The number of hydrogen-bond donors (Lipinski definition) is 2. The highest BCUT2D eigenvalue weighted by atomic mass is 16.3. The molecule has 1 aliphatic heterocycles. The van der Waals surface area contributed by atoms with Crippen molar-refractivity contribution in [3.63, 3.8) is 0 Å². The third kappa shape index (κ3) is 4.51. The summed E-state index contributed by atoms with van der Waals surface area (Å²) in [6, 6.07) is 5.53. The van der Waals surface area contributed by atoms with Crippen LogP contribution in [0.1, 0.15) is 30.1 Å². The number of anilines is 1. The molecule has 0 radical (unpaired) electrons. The summed E-state index contributed by atoms with van der Waals surface area (Å²) < 4.78 is 5.52. The smallest absolute Gasteiger partial charge is 0.252 e. The van der Waals surface area contributed by atoms with Crippen LogP contribution in [-0.2, 0) is 17.8 Å². The number of carbonyl (C=O) groups is 1. The molecule has 140 valence electrons. The Kier molecular flexibility index (Phi) is 5.41. The fraction of sp³-hybridized carbons (Fsp3) is 0.500. The van der Waals surface area contributed by atoms with E-state index in [0.29, 0.717) is 31.6 Å². The van der Waals surface area contributed by atoms with Gasteiger partial charge in [0, 0.05) is 44.6 Å². The molecule has 3 rings (SSSR count). The van der Waals surface area contributed by atoms with Crippen molar-refractivity contribution in [1.82, 2.24) is 19.8 Å². The van der Waals surface area contributed by atoms with Crippen LogP contribution < -0.4 is 11.3 Å². The second kappa shape index (κ2) is 7.74. The Morgan fingerprint density at radius 2 is 2.31 bits per heavy atom. The van der Waals surface area contributed by atoms with Crippen LogP contribution in [0.15, 0.2) is 27.4 Å². The first-order chi connectivity index (χ1) is 12.4. The van der Waals surface area contributed by atoms with Crippen molar-refractivity contribution >= 4 is 11.9 Å². The molecule has 0 unspecified atom stereocenters. The van der Waals surface area contributed by atoms with Gasteiger partial charge in [-0.2, -0.15) is 0 Å². The van der Waals surface area contributed by atoms with Crippen LogP contribution in [0.3, 0.4) is 0 Å². The van der Waals surface area contributed by atoms with Crippen LogP contribution in [-0.4, -0.2) is 51.9 Å². The molecule has 0 aliphatic carbocycles. The lowest BCUT2D eigenvalue weighted by molar-refractivity contribution is -0.130. The van der Waals surface area contributed by atoms with Crippen LogP contribution in [0.2, 0.25) is 0 Å². The highest BCUT2D eigenvalue weighted by Gasteiger charge is 2.28. The minimum Gasteiger partial charge on any atom is -0.466 e. The number of H-pyrrole nitrogens is 1. The van der Waals surface area contributed by atoms with Gasteiger partial charge in [0.1, 0.15) is 11.5 Å². The Morgan fingerprint density at radius 3 is 3.00 bits per heavy atom. The van der Waals surface area contributed by atoms with Gasteiger partial charge in [0.15, 0.2) is 0 Å². The van der Waals surface area contributed by atoms with Crippen molar-refractivity contribution in [2.45, 2.75) is 38.8 Å². The van der Waals surface area contributed by atoms with Gasteiger partial charge in [-0.15, -0.1) is 0 Å². The van der Waals surface area contributed by atoms with Crippen molar-refractivity contribution in [3.8, 4) is 0 Å². The van der Waals surface area contributed by atoms with Crippen LogP contribution in [0.25, 0.3) is 0 Å². The molecule has 0 spiro atoms. The predicted octanol–water partition coefficient (Wildman–Crippen LogP) is 0.919. The number of likely N-dealkylation sites (tertiary alicyclic amines) is 1. The van der Waals surface area contributed by atoms with E-state index < -0.39 is 0 Å².